The summed E-state index contributed by atoms with van der Waals surface area (Å²) in [7, 11) is 0. The van der Waals surface area contributed by atoms with Gasteiger partial charge in [0.25, 0.3) is 0 Å². The molecule has 0 N–H and O–H groups in total. The zero-order chi connectivity index (χ0) is 11.5. The molecule has 0 fully saturated rings. The summed E-state index contributed by atoms with van der Waals surface area (Å²) in [5.41, 5.74) is 3.97. The highest BCUT2D eigenvalue weighted by atomic mass is 79.9. The van der Waals surface area contributed by atoms with Crippen LogP contribution in [0, 0.1) is 6.92 Å². The molecule has 0 spiro atoms. The van der Waals surface area contributed by atoms with E-state index in [2.05, 4.69) is 35.0 Å². The van der Waals surface area contributed by atoms with Crippen molar-refractivity contribution in [2.75, 3.05) is 19.8 Å². The normalized spacial score (nSPS) is 20.1. The summed E-state index contributed by atoms with van der Waals surface area (Å²) in [4.78, 5) is 0.283. The Morgan fingerprint density at radius 3 is 3.06 bits per heavy atom. The Balaban J connectivity index is 2.48. The second-order valence-corrected chi connectivity index (χ2v) is 5.10. The monoisotopic (exact) mass is 284 g/mol. The van der Waals surface area contributed by atoms with Gasteiger partial charge in [0.05, 0.1) is 24.6 Å². The highest BCUT2D eigenvalue weighted by Gasteiger charge is 2.21. The van der Waals surface area contributed by atoms with Crippen LogP contribution < -0.4 is 4.74 Å². The maximum absolute atomic E-state index is 5.69. The summed E-state index contributed by atoms with van der Waals surface area (Å²) in [6.07, 6.45) is 0.939. The highest BCUT2D eigenvalue weighted by Crippen LogP contribution is 2.36. The first kappa shape index (κ1) is 11.9. The molecule has 0 saturated carbocycles. The molecule has 3 heteroatoms. The highest BCUT2D eigenvalue weighted by molar-refractivity contribution is 9.09. The minimum absolute atomic E-state index is 0.283. The molecule has 2 rings (SSSR count). The van der Waals surface area contributed by atoms with Crippen LogP contribution in [0.4, 0.5) is 0 Å². The Morgan fingerprint density at radius 2 is 2.31 bits per heavy atom. The number of alkyl halides is 1. The van der Waals surface area contributed by atoms with Crippen molar-refractivity contribution < 1.29 is 9.47 Å². The molecule has 1 heterocycles. The largest absolute Gasteiger partial charge is 0.494 e. The van der Waals surface area contributed by atoms with Crippen LogP contribution >= 0.6 is 15.9 Å². The van der Waals surface area contributed by atoms with E-state index in [1.165, 1.54) is 16.7 Å². The zero-order valence-corrected chi connectivity index (χ0v) is 11.3. The summed E-state index contributed by atoms with van der Waals surface area (Å²) in [6, 6.07) is 4.20. The van der Waals surface area contributed by atoms with Crippen molar-refractivity contribution in [1.29, 1.82) is 0 Å². The van der Waals surface area contributed by atoms with Gasteiger partial charge in [-0.15, -0.1) is 0 Å². The molecule has 88 valence electrons. The number of fused-ring (bicyclic) bond motifs is 1. The topological polar surface area (TPSA) is 18.5 Å². The first-order valence-corrected chi connectivity index (χ1v) is 6.62. The van der Waals surface area contributed by atoms with Crippen molar-refractivity contribution in [3.8, 4) is 5.75 Å². The lowest BCUT2D eigenvalue weighted by Crippen LogP contribution is -2.04. The quantitative estimate of drug-likeness (QED) is 0.775. The van der Waals surface area contributed by atoms with Crippen LogP contribution in [0.1, 0.15) is 28.4 Å². The molecule has 16 heavy (non-hydrogen) atoms. The van der Waals surface area contributed by atoms with E-state index in [0.29, 0.717) is 6.61 Å². The molecule has 0 saturated heterocycles. The Morgan fingerprint density at radius 1 is 1.50 bits per heavy atom. The van der Waals surface area contributed by atoms with Crippen molar-refractivity contribution >= 4 is 15.9 Å². The molecule has 1 unspecified atom stereocenters. The fourth-order valence-electron chi connectivity index (χ4n) is 2.19. The van der Waals surface area contributed by atoms with E-state index in [4.69, 9.17) is 9.47 Å². The van der Waals surface area contributed by atoms with Gasteiger partial charge < -0.3 is 9.47 Å². The molecule has 0 aromatic heterocycles. The Bertz CT molecular complexity index is 376. The van der Waals surface area contributed by atoms with Gasteiger partial charge in [0.2, 0.25) is 0 Å². The van der Waals surface area contributed by atoms with Crippen LogP contribution in [0.15, 0.2) is 12.1 Å². The summed E-state index contributed by atoms with van der Waals surface area (Å²) in [5.74, 6) is 1.01. The zero-order valence-electron chi connectivity index (χ0n) is 9.75. The Labute approximate surface area is 105 Å². The lowest BCUT2D eigenvalue weighted by atomic mass is 9.97. The van der Waals surface area contributed by atoms with Crippen LogP contribution in [0.2, 0.25) is 0 Å². The average molecular weight is 285 g/mol. The number of hydrogen-bond donors (Lipinski definition) is 0. The van der Waals surface area contributed by atoms with Gasteiger partial charge in [-0.05, 0) is 37.5 Å². The van der Waals surface area contributed by atoms with E-state index in [1.807, 2.05) is 6.92 Å². The molecular weight excluding hydrogens is 268 g/mol. The molecule has 0 bridgehead atoms. The van der Waals surface area contributed by atoms with Crippen LogP contribution in [-0.4, -0.2) is 19.8 Å². The van der Waals surface area contributed by atoms with Crippen LogP contribution in [-0.2, 0) is 11.2 Å². The van der Waals surface area contributed by atoms with Crippen molar-refractivity contribution in [2.24, 2.45) is 0 Å². The molecule has 0 aliphatic carbocycles. The fraction of sp³-hybridized carbons (Fsp3) is 0.538. The molecule has 1 atom stereocenters. The van der Waals surface area contributed by atoms with Gasteiger partial charge in [0.15, 0.2) is 0 Å². The Kier molecular flexibility index (Phi) is 3.87. The van der Waals surface area contributed by atoms with Crippen molar-refractivity contribution in [3.05, 3.63) is 28.8 Å². The second-order valence-electron chi connectivity index (χ2n) is 4.00. The molecule has 1 aromatic carbocycles. The summed E-state index contributed by atoms with van der Waals surface area (Å²) in [5, 5.41) is 0. The summed E-state index contributed by atoms with van der Waals surface area (Å²) in [6.45, 7) is 6.39. The number of hydrogen-bond acceptors (Lipinski definition) is 2. The smallest absolute Gasteiger partial charge is 0.122 e. The molecular formula is C13H17BrO2. The molecule has 2 nitrogen and oxygen atoms in total. The summed E-state index contributed by atoms with van der Waals surface area (Å²) >= 11 is 3.69. The third-order valence-corrected chi connectivity index (χ3v) is 3.63. The van der Waals surface area contributed by atoms with Crippen molar-refractivity contribution in [1.82, 2.24) is 0 Å². The minimum atomic E-state index is 0.283. The van der Waals surface area contributed by atoms with Gasteiger partial charge >= 0.3 is 0 Å². The lowest BCUT2D eigenvalue weighted by molar-refractivity contribution is 0.145. The van der Waals surface area contributed by atoms with Gasteiger partial charge in [-0.25, -0.2) is 0 Å². The summed E-state index contributed by atoms with van der Waals surface area (Å²) < 4.78 is 11.3. The van der Waals surface area contributed by atoms with Crippen molar-refractivity contribution in [2.45, 2.75) is 25.1 Å². The van der Waals surface area contributed by atoms with Crippen molar-refractivity contribution in [3.63, 3.8) is 0 Å². The molecule has 1 aliphatic heterocycles. The van der Waals surface area contributed by atoms with Crippen LogP contribution in [0.25, 0.3) is 0 Å². The molecule has 1 aromatic rings. The molecule has 1 aliphatic rings. The molecule has 0 radical (unpaired) electrons. The van der Waals surface area contributed by atoms with Gasteiger partial charge in [-0.3, -0.25) is 0 Å². The third kappa shape index (κ3) is 2.25. The predicted octanol–water partition coefficient (Wildman–Crippen LogP) is 3.40. The molecule has 0 amide bonds. The Hall–Kier alpha value is -0.540. The number of aryl methyl sites for hydroxylation is 1. The number of rotatable bonds is 2. The SMILES string of the molecule is CCOc1ccc(C)c2c1CCOCC2Br. The van der Waals surface area contributed by atoms with Gasteiger partial charge in [-0.1, -0.05) is 22.0 Å². The van der Waals surface area contributed by atoms with Gasteiger partial charge in [-0.2, -0.15) is 0 Å². The van der Waals surface area contributed by atoms with Gasteiger partial charge in [0.1, 0.15) is 5.75 Å². The fourth-order valence-corrected chi connectivity index (χ4v) is 3.02. The first-order chi connectivity index (χ1) is 7.74. The number of halogens is 1. The van der Waals surface area contributed by atoms with Gasteiger partial charge in [0, 0.05) is 5.56 Å². The standard InChI is InChI=1S/C13H17BrO2/c1-3-16-12-5-4-9(2)13-10(12)6-7-15-8-11(13)14/h4-5,11H,3,6-8H2,1-2H3. The van der Waals surface area contributed by atoms with Crippen LogP contribution in [0.3, 0.4) is 0 Å². The number of ether oxygens (including phenoxy) is 2. The minimum Gasteiger partial charge on any atom is -0.494 e. The predicted molar refractivity (Wildman–Crippen MR) is 68.5 cm³/mol. The first-order valence-electron chi connectivity index (χ1n) is 5.71. The van der Waals surface area contributed by atoms with E-state index in [9.17, 15) is 0 Å². The maximum atomic E-state index is 5.69. The second kappa shape index (κ2) is 5.19. The van der Waals surface area contributed by atoms with E-state index < -0.39 is 0 Å². The maximum Gasteiger partial charge on any atom is 0.122 e. The van der Waals surface area contributed by atoms with E-state index in [-0.39, 0.29) is 4.83 Å². The third-order valence-electron chi connectivity index (χ3n) is 2.91. The van der Waals surface area contributed by atoms with E-state index >= 15 is 0 Å². The average Bonchev–Trinajstić information content (AvgIpc) is 2.46. The van der Waals surface area contributed by atoms with Crippen LogP contribution in [0.5, 0.6) is 5.75 Å². The van der Waals surface area contributed by atoms with E-state index in [0.717, 1.165) is 25.4 Å². The lowest BCUT2D eigenvalue weighted by Gasteiger charge is -2.17. The number of benzene rings is 1. The van der Waals surface area contributed by atoms with E-state index in [1.54, 1.807) is 0 Å².